The van der Waals surface area contributed by atoms with E-state index in [2.05, 4.69) is 0 Å². The summed E-state index contributed by atoms with van der Waals surface area (Å²) in [6.45, 7) is 1.90. The highest BCUT2D eigenvalue weighted by molar-refractivity contribution is 6.47. The van der Waals surface area contributed by atoms with Gasteiger partial charge in [-0.05, 0) is 6.42 Å². The van der Waals surface area contributed by atoms with E-state index in [1.807, 2.05) is 6.92 Å². The van der Waals surface area contributed by atoms with Gasteiger partial charge in [0.05, 0.1) is 0 Å². The van der Waals surface area contributed by atoms with Crippen LogP contribution in [-0.2, 0) is 4.79 Å². The molecule has 0 heterocycles. The van der Waals surface area contributed by atoms with Gasteiger partial charge in [0.25, 0.3) is 0 Å². The Morgan fingerprint density at radius 2 is 2.00 bits per heavy atom. The van der Waals surface area contributed by atoms with Gasteiger partial charge in [-0.15, -0.1) is 0 Å². The lowest BCUT2D eigenvalue weighted by Gasteiger charge is -1.95. The van der Waals surface area contributed by atoms with Gasteiger partial charge in [0.1, 0.15) is 5.03 Å². The highest BCUT2D eigenvalue weighted by atomic mass is 35.5. The van der Waals surface area contributed by atoms with Gasteiger partial charge in [0.2, 0.25) is 0 Å². The van der Waals surface area contributed by atoms with Crippen molar-refractivity contribution < 1.29 is 9.90 Å². The van der Waals surface area contributed by atoms with Crippen LogP contribution in [0.2, 0.25) is 0 Å². The summed E-state index contributed by atoms with van der Waals surface area (Å²) >= 11 is 10.8. The molecule has 10 heavy (non-hydrogen) atoms. The minimum Gasteiger partial charge on any atom is -0.477 e. The van der Waals surface area contributed by atoms with E-state index < -0.39 is 5.97 Å². The highest BCUT2D eigenvalue weighted by Crippen LogP contribution is 2.18. The van der Waals surface area contributed by atoms with Crippen molar-refractivity contribution in [2.24, 2.45) is 0 Å². The van der Waals surface area contributed by atoms with Crippen molar-refractivity contribution in [3.63, 3.8) is 0 Å². The molecule has 0 bridgehead atoms. The first-order valence-corrected chi connectivity index (χ1v) is 3.62. The molecule has 1 N–H and O–H groups in total. The van der Waals surface area contributed by atoms with E-state index in [0.29, 0.717) is 6.42 Å². The van der Waals surface area contributed by atoms with Crippen molar-refractivity contribution in [3.05, 3.63) is 10.1 Å². The smallest absolute Gasteiger partial charge is 0.348 e. The first-order valence-electron chi connectivity index (χ1n) is 2.87. The summed E-state index contributed by atoms with van der Waals surface area (Å²) in [5.74, 6) is -1.17. The molecule has 0 atom stereocenters. The van der Waals surface area contributed by atoms with E-state index in [0.717, 1.165) is 6.42 Å². The van der Waals surface area contributed by atoms with E-state index >= 15 is 0 Å². The number of aliphatic carboxylic acids is 1. The van der Waals surface area contributed by atoms with Gasteiger partial charge in [0.15, 0.2) is 0 Å². The van der Waals surface area contributed by atoms with Crippen molar-refractivity contribution in [1.82, 2.24) is 0 Å². The van der Waals surface area contributed by atoms with Gasteiger partial charge in [-0.25, -0.2) is 4.79 Å². The summed E-state index contributed by atoms with van der Waals surface area (Å²) in [6, 6.07) is 0. The Bertz CT molecular complexity index is 163. The summed E-state index contributed by atoms with van der Waals surface area (Å²) in [7, 11) is 0. The molecule has 0 aliphatic heterocycles. The van der Waals surface area contributed by atoms with E-state index in [9.17, 15) is 4.79 Å². The Morgan fingerprint density at radius 1 is 1.50 bits per heavy atom. The van der Waals surface area contributed by atoms with Crippen molar-refractivity contribution in [2.75, 3.05) is 0 Å². The van der Waals surface area contributed by atoms with E-state index in [-0.39, 0.29) is 10.1 Å². The number of carboxylic acid groups (broad SMARTS) is 1. The molecule has 0 radical (unpaired) electrons. The number of hydrogen-bond acceptors (Lipinski definition) is 1. The minimum absolute atomic E-state index is 0.219. The van der Waals surface area contributed by atoms with Crippen LogP contribution < -0.4 is 0 Å². The number of rotatable bonds is 3. The average molecular weight is 183 g/mol. The number of allylic oxidation sites excluding steroid dienone is 1. The molecule has 0 aliphatic carbocycles. The second kappa shape index (κ2) is 4.58. The first-order chi connectivity index (χ1) is 4.59. The minimum atomic E-state index is -1.17. The van der Waals surface area contributed by atoms with Crippen LogP contribution in [0, 0.1) is 0 Å². The summed E-state index contributed by atoms with van der Waals surface area (Å²) in [5.41, 5.74) is 0. The molecule has 4 heteroatoms. The lowest BCUT2D eigenvalue weighted by atomic mass is 10.3. The average Bonchev–Trinajstić information content (AvgIpc) is 1.87. The van der Waals surface area contributed by atoms with E-state index in [4.69, 9.17) is 28.3 Å². The fraction of sp³-hybridized carbons (Fsp3) is 0.500. The van der Waals surface area contributed by atoms with Crippen LogP contribution >= 0.6 is 23.2 Å². The van der Waals surface area contributed by atoms with E-state index in [1.165, 1.54) is 0 Å². The fourth-order valence-corrected chi connectivity index (χ4v) is 0.810. The van der Waals surface area contributed by atoms with Crippen molar-refractivity contribution in [2.45, 2.75) is 19.8 Å². The SMILES string of the molecule is CCCC(Cl)=C(Cl)C(=O)O. The molecule has 0 aromatic rings. The molecule has 0 aliphatic rings. The van der Waals surface area contributed by atoms with Crippen molar-refractivity contribution >= 4 is 29.2 Å². The van der Waals surface area contributed by atoms with Gasteiger partial charge >= 0.3 is 5.97 Å². The molecule has 0 aromatic carbocycles. The standard InChI is InChI=1S/C6H8Cl2O2/c1-2-3-4(7)5(8)6(9)10/h2-3H2,1H3,(H,9,10). The fourth-order valence-electron chi connectivity index (χ4n) is 0.445. The number of hydrogen-bond donors (Lipinski definition) is 1. The zero-order valence-corrected chi connectivity index (χ0v) is 7.04. The zero-order valence-electron chi connectivity index (χ0n) is 5.53. The molecule has 2 nitrogen and oxygen atoms in total. The Hall–Kier alpha value is -0.210. The molecule has 0 saturated carbocycles. The lowest BCUT2D eigenvalue weighted by molar-refractivity contribution is -0.131. The van der Waals surface area contributed by atoms with E-state index in [1.54, 1.807) is 0 Å². The molecule has 0 rings (SSSR count). The molecule has 0 saturated heterocycles. The summed E-state index contributed by atoms with van der Waals surface area (Å²) < 4.78 is 0. The Labute approximate surface area is 69.4 Å². The molecule has 58 valence electrons. The van der Waals surface area contributed by atoms with Crippen LogP contribution in [0.4, 0.5) is 0 Å². The monoisotopic (exact) mass is 182 g/mol. The van der Waals surface area contributed by atoms with Gasteiger partial charge in [-0.2, -0.15) is 0 Å². The quantitative estimate of drug-likeness (QED) is 0.682. The molecule has 0 fully saturated rings. The first kappa shape index (κ1) is 9.79. The van der Waals surface area contributed by atoms with Crippen LogP contribution in [0.25, 0.3) is 0 Å². The third-order valence-electron chi connectivity index (χ3n) is 0.895. The number of carbonyl (C=O) groups is 1. The van der Waals surface area contributed by atoms with Gasteiger partial charge < -0.3 is 5.11 Å². The van der Waals surface area contributed by atoms with Crippen molar-refractivity contribution in [1.29, 1.82) is 0 Å². The van der Waals surface area contributed by atoms with Crippen LogP contribution in [0.3, 0.4) is 0 Å². The third kappa shape index (κ3) is 3.08. The third-order valence-corrected chi connectivity index (χ3v) is 1.76. The molecule has 0 amide bonds. The lowest BCUT2D eigenvalue weighted by Crippen LogP contribution is -1.95. The molecule has 0 aromatic heterocycles. The maximum atomic E-state index is 10.1. The Kier molecular flexibility index (Phi) is 4.49. The number of carboxylic acids is 1. The van der Waals surface area contributed by atoms with Crippen LogP contribution in [-0.4, -0.2) is 11.1 Å². The largest absolute Gasteiger partial charge is 0.477 e. The summed E-state index contributed by atoms with van der Waals surface area (Å²) in [6.07, 6.45) is 1.31. The van der Waals surface area contributed by atoms with Crippen LogP contribution in [0.1, 0.15) is 19.8 Å². The zero-order chi connectivity index (χ0) is 8.15. The van der Waals surface area contributed by atoms with Crippen LogP contribution in [0.15, 0.2) is 10.1 Å². The maximum absolute atomic E-state index is 10.1. The molecule has 0 unspecified atom stereocenters. The van der Waals surface area contributed by atoms with Gasteiger partial charge in [-0.1, -0.05) is 36.5 Å². The highest BCUT2D eigenvalue weighted by Gasteiger charge is 2.07. The summed E-state index contributed by atoms with van der Waals surface area (Å²) in [5, 5.41) is 8.25. The topological polar surface area (TPSA) is 37.3 Å². The van der Waals surface area contributed by atoms with Gasteiger partial charge in [0, 0.05) is 5.03 Å². The molecule has 0 spiro atoms. The predicted octanol–water partition coefficient (Wildman–Crippen LogP) is 2.56. The number of halogens is 2. The Balaban J connectivity index is 4.19. The molecular formula is C6H8Cl2O2. The van der Waals surface area contributed by atoms with Gasteiger partial charge in [-0.3, -0.25) is 0 Å². The van der Waals surface area contributed by atoms with Crippen LogP contribution in [0.5, 0.6) is 0 Å². The Morgan fingerprint density at radius 3 is 2.30 bits per heavy atom. The predicted molar refractivity (Wildman–Crippen MR) is 41.3 cm³/mol. The normalized spacial score (nSPS) is 12.7. The second-order valence-corrected chi connectivity index (χ2v) is 2.61. The van der Waals surface area contributed by atoms with Crippen molar-refractivity contribution in [3.8, 4) is 0 Å². The maximum Gasteiger partial charge on any atom is 0.348 e. The summed E-state index contributed by atoms with van der Waals surface area (Å²) in [4.78, 5) is 10.1. The second-order valence-electron chi connectivity index (χ2n) is 1.77. The molecular weight excluding hydrogens is 175 g/mol.